The van der Waals surface area contributed by atoms with Gasteiger partial charge in [-0.05, 0) is 6.07 Å². The van der Waals surface area contributed by atoms with E-state index in [0.717, 1.165) is 12.2 Å². The minimum atomic E-state index is 0.417. The molecule has 3 N–H and O–H groups in total. The van der Waals surface area contributed by atoms with Gasteiger partial charge in [-0.25, -0.2) is 15.0 Å². The van der Waals surface area contributed by atoms with Crippen LogP contribution in [0.25, 0.3) is 0 Å². The Bertz CT molecular complexity index is 425. The molecule has 0 saturated heterocycles. The predicted molar refractivity (Wildman–Crippen MR) is 58.4 cm³/mol. The minimum Gasteiger partial charge on any atom is -0.352 e. The summed E-state index contributed by atoms with van der Waals surface area (Å²) in [7, 11) is 0. The van der Waals surface area contributed by atoms with E-state index in [-0.39, 0.29) is 0 Å². The van der Waals surface area contributed by atoms with E-state index in [0.29, 0.717) is 19.0 Å². The average molecular weight is 219 g/mol. The van der Waals surface area contributed by atoms with Crippen molar-refractivity contribution >= 4 is 5.95 Å². The molecule has 16 heavy (non-hydrogen) atoms. The summed E-state index contributed by atoms with van der Waals surface area (Å²) in [6.45, 7) is 1.83. The maximum Gasteiger partial charge on any atom is 0.222 e. The molecule has 7 heteroatoms. The molecule has 2 rings (SSSR count). The molecule has 0 atom stereocenters. The molecule has 0 spiro atoms. The third kappa shape index (κ3) is 2.74. The van der Waals surface area contributed by atoms with Crippen LogP contribution in [-0.4, -0.2) is 31.3 Å². The number of nitrogens with two attached hydrogens (primary N) is 1. The maximum atomic E-state index is 5.48. The third-order valence-corrected chi connectivity index (χ3v) is 2.01. The lowest BCUT2D eigenvalue weighted by atomic mass is 10.4. The number of hydrogen-bond acceptors (Lipinski definition) is 6. The first-order chi connectivity index (χ1) is 7.88. The van der Waals surface area contributed by atoms with E-state index in [1.165, 1.54) is 6.33 Å². The van der Waals surface area contributed by atoms with Crippen LogP contribution in [0.5, 0.6) is 0 Å². The molecule has 0 unspecified atom stereocenters. The number of aromatic nitrogens is 5. The van der Waals surface area contributed by atoms with Crippen molar-refractivity contribution in [2.75, 3.05) is 11.9 Å². The molecule has 7 nitrogen and oxygen atoms in total. The standard InChI is InChI=1S/C9H13N7/c10-5-8-1-2-12-9(15-8)13-3-4-16-7-11-6-14-16/h1-2,6-7H,3-5,10H2,(H,12,13,15). The van der Waals surface area contributed by atoms with Crippen LogP contribution < -0.4 is 11.1 Å². The summed E-state index contributed by atoms with van der Waals surface area (Å²) in [5, 5.41) is 7.08. The first-order valence-corrected chi connectivity index (χ1v) is 4.97. The maximum absolute atomic E-state index is 5.48. The second-order valence-corrected chi connectivity index (χ2v) is 3.16. The zero-order chi connectivity index (χ0) is 11.2. The highest BCUT2D eigenvalue weighted by atomic mass is 15.3. The molecule has 2 aromatic rings. The highest BCUT2D eigenvalue weighted by Gasteiger charge is 1.97. The van der Waals surface area contributed by atoms with Gasteiger partial charge in [0.25, 0.3) is 0 Å². The zero-order valence-corrected chi connectivity index (χ0v) is 8.74. The normalized spacial score (nSPS) is 10.3. The summed E-state index contributed by atoms with van der Waals surface area (Å²) in [5.74, 6) is 0.586. The van der Waals surface area contributed by atoms with Gasteiger partial charge in [0.05, 0.1) is 12.2 Å². The summed E-state index contributed by atoms with van der Waals surface area (Å²) < 4.78 is 1.74. The van der Waals surface area contributed by atoms with E-state index >= 15 is 0 Å². The van der Waals surface area contributed by atoms with Gasteiger partial charge in [0, 0.05) is 19.3 Å². The van der Waals surface area contributed by atoms with Crippen LogP contribution in [0, 0.1) is 0 Å². The molecule has 0 bridgehead atoms. The summed E-state index contributed by atoms with van der Waals surface area (Å²) in [5.41, 5.74) is 6.30. The van der Waals surface area contributed by atoms with E-state index in [9.17, 15) is 0 Å². The van der Waals surface area contributed by atoms with Crippen molar-refractivity contribution in [1.29, 1.82) is 0 Å². The minimum absolute atomic E-state index is 0.417. The SMILES string of the molecule is NCc1ccnc(NCCn2cncn2)n1. The second-order valence-electron chi connectivity index (χ2n) is 3.16. The zero-order valence-electron chi connectivity index (χ0n) is 8.74. The molecule has 84 valence electrons. The molecule has 0 amide bonds. The van der Waals surface area contributed by atoms with E-state index in [4.69, 9.17) is 5.73 Å². The van der Waals surface area contributed by atoms with Crippen LogP contribution >= 0.6 is 0 Å². The van der Waals surface area contributed by atoms with Gasteiger partial charge in [-0.15, -0.1) is 0 Å². The van der Waals surface area contributed by atoms with Crippen LogP contribution in [0.3, 0.4) is 0 Å². The van der Waals surface area contributed by atoms with Gasteiger partial charge in [0.1, 0.15) is 12.7 Å². The van der Waals surface area contributed by atoms with Gasteiger partial charge >= 0.3 is 0 Å². The third-order valence-electron chi connectivity index (χ3n) is 2.01. The molecule has 0 saturated carbocycles. The quantitative estimate of drug-likeness (QED) is 0.713. The van der Waals surface area contributed by atoms with E-state index in [1.807, 2.05) is 0 Å². The molecule has 2 heterocycles. The number of rotatable bonds is 5. The number of hydrogen-bond donors (Lipinski definition) is 2. The number of nitrogens with zero attached hydrogens (tertiary/aromatic N) is 5. The smallest absolute Gasteiger partial charge is 0.222 e. The van der Waals surface area contributed by atoms with Gasteiger partial charge in [-0.2, -0.15) is 5.10 Å². The van der Waals surface area contributed by atoms with Gasteiger partial charge in [0.2, 0.25) is 5.95 Å². The van der Waals surface area contributed by atoms with Gasteiger partial charge in [-0.3, -0.25) is 4.68 Å². The van der Waals surface area contributed by atoms with Gasteiger partial charge < -0.3 is 11.1 Å². The fourth-order valence-electron chi connectivity index (χ4n) is 1.23. The topological polar surface area (TPSA) is 94.5 Å². The van der Waals surface area contributed by atoms with Crippen molar-refractivity contribution in [3.63, 3.8) is 0 Å². The number of nitrogens with one attached hydrogen (secondary N) is 1. The van der Waals surface area contributed by atoms with Crippen LogP contribution in [0.15, 0.2) is 24.9 Å². The van der Waals surface area contributed by atoms with Crippen LogP contribution in [0.2, 0.25) is 0 Å². The van der Waals surface area contributed by atoms with Gasteiger partial charge in [-0.1, -0.05) is 0 Å². The lowest BCUT2D eigenvalue weighted by molar-refractivity contribution is 0.634. The molecule has 0 aliphatic rings. The Balaban J connectivity index is 1.85. The van der Waals surface area contributed by atoms with Crippen LogP contribution in [-0.2, 0) is 13.1 Å². The molecule has 0 aliphatic heterocycles. The molecular weight excluding hydrogens is 206 g/mol. The molecular formula is C9H13N7. The molecule has 2 aromatic heterocycles. The van der Waals surface area contributed by atoms with Crippen LogP contribution in [0.4, 0.5) is 5.95 Å². The van der Waals surface area contributed by atoms with Crippen molar-refractivity contribution in [3.05, 3.63) is 30.6 Å². The Kier molecular flexibility index (Phi) is 3.39. The second kappa shape index (κ2) is 5.17. The summed E-state index contributed by atoms with van der Waals surface area (Å²) in [6.07, 6.45) is 4.86. The summed E-state index contributed by atoms with van der Waals surface area (Å²) in [4.78, 5) is 12.2. The highest BCUT2D eigenvalue weighted by molar-refractivity contribution is 5.24. The molecule has 0 fully saturated rings. The summed E-state index contributed by atoms with van der Waals surface area (Å²) >= 11 is 0. The molecule has 0 aromatic carbocycles. The average Bonchev–Trinajstić information content (AvgIpc) is 2.82. The number of anilines is 1. The van der Waals surface area contributed by atoms with Gasteiger partial charge in [0.15, 0.2) is 0 Å². The lowest BCUT2D eigenvalue weighted by Gasteiger charge is -2.05. The Morgan fingerprint density at radius 2 is 2.38 bits per heavy atom. The Morgan fingerprint density at radius 3 is 3.12 bits per heavy atom. The Morgan fingerprint density at radius 1 is 1.44 bits per heavy atom. The summed E-state index contributed by atoms with van der Waals surface area (Å²) in [6, 6.07) is 1.79. The van der Waals surface area contributed by atoms with E-state index in [1.54, 1.807) is 23.3 Å². The van der Waals surface area contributed by atoms with Crippen molar-refractivity contribution in [2.24, 2.45) is 5.73 Å². The van der Waals surface area contributed by atoms with Crippen molar-refractivity contribution in [3.8, 4) is 0 Å². The lowest BCUT2D eigenvalue weighted by Crippen LogP contribution is -2.13. The molecule has 0 radical (unpaired) electrons. The van der Waals surface area contributed by atoms with Crippen molar-refractivity contribution in [2.45, 2.75) is 13.1 Å². The van der Waals surface area contributed by atoms with E-state index in [2.05, 4.69) is 25.4 Å². The largest absolute Gasteiger partial charge is 0.352 e. The van der Waals surface area contributed by atoms with Crippen molar-refractivity contribution in [1.82, 2.24) is 24.7 Å². The first kappa shape index (κ1) is 10.5. The monoisotopic (exact) mass is 219 g/mol. The Labute approximate surface area is 92.7 Å². The fraction of sp³-hybridized carbons (Fsp3) is 0.333. The molecule has 0 aliphatic carbocycles. The first-order valence-electron chi connectivity index (χ1n) is 4.97. The Hall–Kier alpha value is -2.02. The fourth-order valence-corrected chi connectivity index (χ4v) is 1.23. The van der Waals surface area contributed by atoms with E-state index < -0.39 is 0 Å². The highest BCUT2D eigenvalue weighted by Crippen LogP contribution is 1.98. The van der Waals surface area contributed by atoms with Crippen LogP contribution in [0.1, 0.15) is 5.69 Å². The predicted octanol–water partition coefficient (Wildman–Crippen LogP) is -0.361. The van der Waals surface area contributed by atoms with Crippen molar-refractivity contribution < 1.29 is 0 Å².